The molecule has 0 aromatic heterocycles. The fourth-order valence-corrected chi connectivity index (χ4v) is 1.77. The average Bonchev–Trinajstić information content (AvgIpc) is 2.40. The Morgan fingerprint density at radius 2 is 2.05 bits per heavy atom. The second-order valence-electron chi connectivity index (χ2n) is 3.90. The van der Waals surface area contributed by atoms with Crippen molar-refractivity contribution in [1.82, 2.24) is 0 Å². The number of hydrogen-bond acceptors (Lipinski definition) is 3. The Morgan fingerprint density at radius 1 is 1.26 bits per heavy atom. The Labute approximate surface area is 118 Å². The highest BCUT2D eigenvalue weighted by Gasteiger charge is 2.04. The summed E-state index contributed by atoms with van der Waals surface area (Å²) in [4.78, 5) is 0. The number of nitrogens with zero attached hydrogens (tertiary/aromatic N) is 1. The van der Waals surface area contributed by atoms with E-state index >= 15 is 0 Å². The van der Waals surface area contributed by atoms with Gasteiger partial charge in [0.15, 0.2) is 0 Å². The molecule has 0 spiro atoms. The van der Waals surface area contributed by atoms with E-state index in [9.17, 15) is 4.39 Å². The van der Waals surface area contributed by atoms with Crippen LogP contribution in [0.2, 0.25) is 0 Å². The molecule has 96 valence electrons. The van der Waals surface area contributed by atoms with Gasteiger partial charge in [0, 0.05) is 16.2 Å². The number of halogens is 2. The molecule has 0 aliphatic carbocycles. The highest BCUT2D eigenvalue weighted by molar-refractivity contribution is 9.10. The Morgan fingerprint density at radius 3 is 2.68 bits per heavy atom. The zero-order valence-electron chi connectivity index (χ0n) is 9.86. The van der Waals surface area contributed by atoms with E-state index in [4.69, 9.17) is 15.7 Å². The number of rotatable bonds is 3. The lowest BCUT2D eigenvalue weighted by molar-refractivity contribution is 0.304. The molecule has 2 N–H and O–H groups in total. The molecular formula is C14H10BrFN2O. The Kier molecular flexibility index (Phi) is 4.03. The van der Waals surface area contributed by atoms with Crippen molar-refractivity contribution in [2.45, 2.75) is 6.61 Å². The molecule has 0 saturated carbocycles. The van der Waals surface area contributed by atoms with Crippen LogP contribution in [-0.4, -0.2) is 0 Å². The van der Waals surface area contributed by atoms with E-state index in [1.807, 2.05) is 12.1 Å². The summed E-state index contributed by atoms with van der Waals surface area (Å²) in [6.45, 7) is 0.281. The molecule has 0 radical (unpaired) electrons. The summed E-state index contributed by atoms with van der Waals surface area (Å²) in [5, 5.41) is 8.62. The van der Waals surface area contributed by atoms with E-state index in [0.717, 1.165) is 10.0 Å². The van der Waals surface area contributed by atoms with E-state index in [1.54, 1.807) is 18.2 Å². The maximum absolute atomic E-state index is 13.4. The van der Waals surface area contributed by atoms with Crippen molar-refractivity contribution < 1.29 is 9.13 Å². The molecule has 0 atom stereocenters. The lowest BCUT2D eigenvalue weighted by Crippen LogP contribution is -1.98. The number of nitriles is 1. The molecule has 2 aromatic rings. The van der Waals surface area contributed by atoms with Crippen LogP contribution in [0.5, 0.6) is 5.75 Å². The van der Waals surface area contributed by atoms with Crippen molar-refractivity contribution >= 4 is 21.6 Å². The molecule has 2 rings (SSSR count). The largest absolute Gasteiger partial charge is 0.489 e. The fourth-order valence-electron chi connectivity index (χ4n) is 1.53. The van der Waals surface area contributed by atoms with E-state index in [-0.39, 0.29) is 12.2 Å². The van der Waals surface area contributed by atoms with E-state index in [0.29, 0.717) is 11.4 Å². The molecule has 0 saturated heterocycles. The van der Waals surface area contributed by atoms with Gasteiger partial charge in [-0.15, -0.1) is 0 Å². The van der Waals surface area contributed by atoms with Crippen molar-refractivity contribution in [3.05, 3.63) is 57.8 Å². The van der Waals surface area contributed by atoms with Crippen LogP contribution in [-0.2, 0) is 6.61 Å². The molecule has 5 heteroatoms. The average molecular weight is 321 g/mol. The van der Waals surface area contributed by atoms with Crippen LogP contribution >= 0.6 is 15.9 Å². The molecule has 0 unspecified atom stereocenters. The highest BCUT2D eigenvalue weighted by atomic mass is 79.9. The summed E-state index contributed by atoms with van der Waals surface area (Å²) >= 11 is 3.30. The summed E-state index contributed by atoms with van der Waals surface area (Å²) in [5.41, 5.74) is 7.25. The van der Waals surface area contributed by atoms with Gasteiger partial charge in [0.2, 0.25) is 0 Å². The summed E-state index contributed by atoms with van der Waals surface area (Å²) in [6.07, 6.45) is 0. The first-order valence-electron chi connectivity index (χ1n) is 5.46. The fraction of sp³-hybridized carbons (Fsp3) is 0.0714. The van der Waals surface area contributed by atoms with Crippen LogP contribution in [0.1, 0.15) is 11.1 Å². The lowest BCUT2D eigenvalue weighted by Gasteiger charge is -2.08. The number of nitrogen functional groups attached to an aromatic ring is 1. The molecule has 0 fully saturated rings. The SMILES string of the molecule is N#Cc1ccc(OCc2ccc(Br)c(N)c2)cc1F. The Hall–Kier alpha value is -2.06. The molecule has 0 aliphatic heterocycles. The van der Waals surface area contributed by atoms with Gasteiger partial charge in [0.05, 0.1) is 5.56 Å². The lowest BCUT2D eigenvalue weighted by atomic mass is 10.2. The number of benzene rings is 2. The minimum Gasteiger partial charge on any atom is -0.489 e. The second-order valence-corrected chi connectivity index (χ2v) is 4.75. The third kappa shape index (κ3) is 3.24. The van der Waals surface area contributed by atoms with Crippen molar-refractivity contribution in [2.24, 2.45) is 0 Å². The monoisotopic (exact) mass is 320 g/mol. The van der Waals surface area contributed by atoms with Gasteiger partial charge < -0.3 is 10.5 Å². The van der Waals surface area contributed by atoms with Crippen molar-refractivity contribution in [1.29, 1.82) is 5.26 Å². The predicted molar refractivity (Wildman–Crippen MR) is 74.0 cm³/mol. The van der Waals surface area contributed by atoms with E-state index in [2.05, 4.69) is 15.9 Å². The minimum absolute atomic E-state index is 0.000219. The van der Waals surface area contributed by atoms with Crippen molar-refractivity contribution in [2.75, 3.05) is 5.73 Å². The first-order chi connectivity index (χ1) is 9.10. The molecule has 0 amide bonds. The van der Waals surface area contributed by atoms with Crippen LogP contribution in [0, 0.1) is 17.1 Å². The summed E-state index contributed by atoms with van der Waals surface area (Å²) in [7, 11) is 0. The molecule has 2 aromatic carbocycles. The highest BCUT2D eigenvalue weighted by Crippen LogP contribution is 2.22. The van der Waals surface area contributed by atoms with Crippen LogP contribution < -0.4 is 10.5 Å². The number of hydrogen-bond donors (Lipinski definition) is 1. The number of anilines is 1. The quantitative estimate of drug-likeness (QED) is 0.879. The molecule has 0 aliphatic rings. The van der Waals surface area contributed by atoms with Gasteiger partial charge in [-0.25, -0.2) is 4.39 Å². The first-order valence-corrected chi connectivity index (χ1v) is 6.26. The summed E-state index contributed by atoms with van der Waals surface area (Å²) < 4.78 is 19.6. The minimum atomic E-state index is -0.588. The summed E-state index contributed by atoms with van der Waals surface area (Å²) in [6, 6.07) is 11.4. The normalized spacial score (nSPS) is 9.95. The third-order valence-electron chi connectivity index (χ3n) is 2.53. The molecule has 3 nitrogen and oxygen atoms in total. The Bertz CT molecular complexity index is 652. The van der Waals surface area contributed by atoms with Crippen molar-refractivity contribution in [3.63, 3.8) is 0 Å². The smallest absolute Gasteiger partial charge is 0.144 e. The zero-order valence-corrected chi connectivity index (χ0v) is 11.4. The van der Waals surface area contributed by atoms with Crippen LogP contribution in [0.25, 0.3) is 0 Å². The maximum Gasteiger partial charge on any atom is 0.144 e. The second kappa shape index (κ2) is 5.72. The third-order valence-corrected chi connectivity index (χ3v) is 3.25. The van der Waals surface area contributed by atoms with Crippen LogP contribution in [0.4, 0.5) is 10.1 Å². The maximum atomic E-state index is 13.4. The summed E-state index contributed by atoms with van der Waals surface area (Å²) in [5.74, 6) is -0.215. The van der Waals surface area contributed by atoms with Crippen molar-refractivity contribution in [3.8, 4) is 11.8 Å². The van der Waals surface area contributed by atoms with E-state index in [1.165, 1.54) is 12.1 Å². The van der Waals surface area contributed by atoms with Gasteiger partial charge in [-0.3, -0.25) is 0 Å². The van der Waals surface area contributed by atoms with Gasteiger partial charge in [0.25, 0.3) is 0 Å². The first kappa shape index (κ1) is 13.4. The van der Waals surface area contributed by atoms with Gasteiger partial charge in [0.1, 0.15) is 24.2 Å². The standard InChI is InChI=1S/C14H10BrFN2O/c15-12-4-1-9(5-14(12)18)8-19-11-3-2-10(7-17)13(16)6-11/h1-6H,8,18H2. The van der Waals surface area contributed by atoms with Gasteiger partial charge in [-0.2, -0.15) is 5.26 Å². The molecule has 0 bridgehead atoms. The molecule has 0 heterocycles. The predicted octanol–water partition coefficient (Wildman–Crippen LogP) is 3.62. The van der Waals surface area contributed by atoms with Crippen LogP contribution in [0.15, 0.2) is 40.9 Å². The van der Waals surface area contributed by atoms with Gasteiger partial charge in [-0.05, 0) is 45.8 Å². The van der Waals surface area contributed by atoms with Gasteiger partial charge in [-0.1, -0.05) is 6.07 Å². The topological polar surface area (TPSA) is 59.0 Å². The number of ether oxygens (including phenoxy) is 1. The van der Waals surface area contributed by atoms with Gasteiger partial charge >= 0.3 is 0 Å². The Balaban J connectivity index is 2.08. The van der Waals surface area contributed by atoms with E-state index < -0.39 is 5.82 Å². The molecular weight excluding hydrogens is 311 g/mol. The van der Waals surface area contributed by atoms with Crippen LogP contribution in [0.3, 0.4) is 0 Å². The zero-order chi connectivity index (χ0) is 13.8. The molecule has 19 heavy (non-hydrogen) atoms. The number of nitrogens with two attached hydrogens (primary N) is 1.